The number of hydrogen-bond donors (Lipinski definition) is 1. The Labute approximate surface area is 159 Å². The normalized spacial score (nSPS) is 15.1. The summed E-state index contributed by atoms with van der Waals surface area (Å²) in [7, 11) is 1.74. The summed E-state index contributed by atoms with van der Waals surface area (Å²) in [5.74, 6) is -0.138. The third-order valence-corrected chi connectivity index (χ3v) is 4.83. The van der Waals surface area contributed by atoms with E-state index in [-0.39, 0.29) is 5.91 Å². The highest BCUT2D eigenvalue weighted by Gasteiger charge is 2.16. The number of rotatable bonds is 6. The maximum atomic E-state index is 12.3. The fourth-order valence-corrected chi connectivity index (χ4v) is 3.14. The number of hydrogen-bond acceptors (Lipinski definition) is 4. The van der Waals surface area contributed by atoms with Gasteiger partial charge in [-0.3, -0.25) is 9.69 Å². The van der Waals surface area contributed by atoms with Crippen LogP contribution in [0.15, 0.2) is 48.5 Å². The lowest BCUT2D eigenvalue weighted by Crippen LogP contribution is -2.47. The van der Waals surface area contributed by atoms with Crippen LogP contribution in [0.2, 0.25) is 5.02 Å². The second-order valence-corrected chi connectivity index (χ2v) is 6.77. The first-order valence-electron chi connectivity index (χ1n) is 8.79. The van der Waals surface area contributed by atoms with Gasteiger partial charge < -0.3 is 15.0 Å². The summed E-state index contributed by atoms with van der Waals surface area (Å²) < 4.78 is 5.14. The summed E-state index contributed by atoms with van der Waals surface area (Å²) in [6.45, 7) is 5.85. The van der Waals surface area contributed by atoms with Gasteiger partial charge >= 0.3 is 0 Å². The van der Waals surface area contributed by atoms with Gasteiger partial charge in [-0.2, -0.15) is 0 Å². The van der Waals surface area contributed by atoms with Crippen LogP contribution in [-0.4, -0.2) is 57.2 Å². The smallest absolute Gasteiger partial charge is 0.255 e. The van der Waals surface area contributed by atoms with Gasteiger partial charge in [0.25, 0.3) is 5.91 Å². The third kappa shape index (κ3) is 4.97. The predicted molar refractivity (Wildman–Crippen MR) is 106 cm³/mol. The largest absolute Gasteiger partial charge is 0.383 e. The van der Waals surface area contributed by atoms with Crippen LogP contribution in [0.3, 0.4) is 0 Å². The second kappa shape index (κ2) is 9.03. The molecule has 2 aromatic rings. The Bertz CT molecular complexity index is 711. The topological polar surface area (TPSA) is 44.8 Å². The molecule has 2 aromatic carbocycles. The van der Waals surface area contributed by atoms with Gasteiger partial charge in [0.05, 0.1) is 6.61 Å². The van der Waals surface area contributed by atoms with Crippen LogP contribution in [0.25, 0.3) is 0 Å². The van der Waals surface area contributed by atoms with Crippen molar-refractivity contribution in [2.24, 2.45) is 0 Å². The summed E-state index contributed by atoms with van der Waals surface area (Å²) in [5.41, 5.74) is 2.55. The van der Waals surface area contributed by atoms with Crippen molar-refractivity contribution in [3.8, 4) is 0 Å². The van der Waals surface area contributed by atoms with E-state index < -0.39 is 0 Å². The van der Waals surface area contributed by atoms with Crippen LogP contribution in [0, 0.1) is 0 Å². The van der Waals surface area contributed by atoms with Crippen LogP contribution < -0.4 is 10.2 Å². The third-order valence-electron chi connectivity index (χ3n) is 4.58. The van der Waals surface area contributed by atoms with Crippen LogP contribution in [0.1, 0.15) is 10.4 Å². The summed E-state index contributed by atoms with van der Waals surface area (Å²) in [6.07, 6.45) is 0. The molecule has 0 spiro atoms. The maximum absolute atomic E-state index is 12.3. The average molecular weight is 374 g/mol. The number of methoxy groups -OCH3 is 1. The summed E-state index contributed by atoms with van der Waals surface area (Å²) in [5, 5.41) is 3.53. The van der Waals surface area contributed by atoms with Crippen LogP contribution in [0.4, 0.5) is 11.4 Å². The molecule has 5 nitrogen and oxygen atoms in total. The highest BCUT2D eigenvalue weighted by atomic mass is 35.5. The van der Waals surface area contributed by atoms with Crippen molar-refractivity contribution in [2.75, 3.05) is 56.7 Å². The standard InChI is InChI=1S/C20H24ClN3O2/c1-26-15-14-23-10-12-24(13-11-23)19-8-6-18(7-9-19)22-20(25)16-2-4-17(21)5-3-16/h2-9H,10-15H2,1H3,(H,22,25). The molecule has 1 saturated heterocycles. The van der Waals surface area contributed by atoms with Crippen molar-refractivity contribution in [3.63, 3.8) is 0 Å². The molecule has 1 fully saturated rings. The lowest BCUT2D eigenvalue weighted by Gasteiger charge is -2.36. The number of nitrogens with zero attached hydrogens (tertiary/aromatic N) is 2. The Hall–Kier alpha value is -2.08. The molecule has 1 aliphatic heterocycles. The summed E-state index contributed by atoms with van der Waals surface area (Å²) >= 11 is 5.86. The molecule has 6 heteroatoms. The van der Waals surface area contributed by atoms with Gasteiger partial charge in [-0.1, -0.05) is 11.6 Å². The van der Waals surface area contributed by atoms with Gasteiger partial charge in [0.2, 0.25) is 0 Å². The zero-order valence-corrected chi connectivity index (χ0v) is 15.7. The lowest BCUT2D eigenvalue weighted by atomic mass is 10.2. The van der Waals surface area contributed by atoms with Gasteiger partial charge in [0, 0.05) is 61.8 Å². The number of amides is 1. The van der Waals surface area contributed by atoms with Gasteiger partial charge in [0.15, 0.2) is 0 Å². The quantitative estimate of drug-likeness (QED) is 0.843. The Morgan fingerprint density at radius 3 is 2.31 bits per heavy atom. The Morgan fingerprint density at radius 1 is 1.04 bits per heavy atom. The second-order valence-electron chi connectivity index (χ2n) is 6.33. The molecule has 0 atom stereocenters. The van der Waals surface area contributed by atoms with Crippen molar-refractivity contribution >= 4 is 28.9 Å². The van der Waals surface area contributed by atoms with E-state index in [1.807, 2.05) is 12.1 Å². The molecule has 0 radical (unpaired) electrons. The molecule has 0 aliphatic carbocycles. The van der Waals surface area contributed by atoms with Gasteiger partial charge in [-0.25, -0.2) is 0 Å². The molecule has 26 heavy (non-hydrogen) atoms. The predicted octanol–water partition coefficient (Wildman–Crippen LogP) is 3.36. The van der Waals surface area contributed by atoms with Crippen molar-refractivity contribution in [2.45, 2.75) is 0 Å². The molecule has 138 valence electrons. The van der Waals surface area contributed by atoms with Crippen molar-refractivity contribution in [3.05, 3.63) is 59.1 Å². The Kier molecular flexibility index (Phi) is 6.50. The minimum atomic E-state index is -0.138. The first-order chi connectivity index (χ1) is 12.7. The van der Waals surface area contributed by atoms with E-state index >= 15 is 0 Å². The van der Waals surface area contributed by atoms with Gasteiger partial charge in [0.1, 0.15) is 0 Å². The summed E-state index contributed by atoms with van der Waals surface area (Å²) in [6, 6.07) is 14.9. The minimum Gasteiger partial charge on any atom is -0.383 e. The van der Waals surface area contributed by atoms with E-state index in [0.717, 1.165) is 45.0 Å². The van der Waals surface area contributed by atoms with Crippen LogP contribution >= 0.6 is 11.6 Å². The number of benzene rings is 2. The van der Waals surface area contributed by atoms with Crippen molar-refractivity contribution in [1.29, 1.82) is 0 Å². The van der Waals surface area contributed by atoms with Gasteiger partial charge in [-0.05, 0) is 48.5 Å². The minimum absolute atomic E-state index is 0.138. The molecule has 0 saturated carbocycles. The van der Waals surface area contributed by atoms with Gasteiger partial charge in [-0.15, -0.1) is 0 Å². The molecule has 1 N–H and O–H groups in total. The molecule has 0 aromatic heterocycles. The molecule has 1 amide bonds. The van der Waals surface area contributed by atoms with Crippen molar-refractivity contribution in [1.82, 2.24) is 4.90 Å². The first-order valence-corrected chi connectivity index (χ1v) is 9.17. The summed E-state index contributed by atoms with van der Waals surface area (Å²) in [4.78, 5) is 17.0. The van der Waals surface area contributed by atoms with E-state index in [1.54, 1.807) is 31.4 Å². The Balaban J connectivity index is 1.54. The first kappa shape index (κ1) is 18.7. The van der Waals surface area contributed by atoms with E-state index in [9.17, 15) is 4.79 Å². The maximum Gasteiger partial charge on any atom is 0.255 e. The molecular formula is C20H24ClN3O2. The number of halogens is 1. The van der Waals surface area contributed by atoms with E-state index in [1.165, 1.54) is 5.69 Å². The number of carbonyl (C=O) groups excluding carboxylic acids is 1. The molecule has 1 heterocycles. The zero-order chi connectivity index (χ0) is 18.4. The van der Waals surface area contributed by atoms with E-state index in [4.69, 9.17) is 16.3 Å². The fraction of sp³-hybridized carbons (Fsp3) is 0.350. The molecule has 3 rings (SSSR count). The number of carbonyl (C=O) groups is 1. The zero-order valence-electron chi connectivity index (χ0n) is 15.0. The SMILES string of the molecule is COCCN1CCN(c2ccc(NC(=O)c3ccc(Cl)cc3)cc2)CC1. The van der Waals surface area contributed by atoms with E-state index in [2.05, 4.69) is 27.2 Å². The number of piperazine rings is 1. The highest BCUT2D eigenvalue weighted by molar-refractivity contribution is 6.30. The number of ether oxygens (including phenoxy) is 1. The monoisotopic (exact) mass is 373 g/mol. The average Bonchev–Trinajstić information content (AvgIpc) is 2.68. The molecule has 0 bridgehead atoms. The molecular weight excluding hydrogens is 350 g/mol. The van der Waals surface area contributed by atoms with E-state index in [0.29, 0.717) is 10.6 Å². The Morgan fingerprint density at radius 2 is 1.69 bits per heavy atom. The molecule has 1 aliphatic rings. The lowest BCUT2D eigenvalue weighted by molar-refractivity contribution is 0.102. The number of anilines is 2. The highest BCUT2D eigenvalue weighted by Crippen LogP contribution is 2.20. The fourth-order valence-electron chi connectivity index (χ4n) is 3.01. The molecule has 0 unspecified atom stereocenters. The van der Waals surface area contributed by atoms with Crippen molar-refractivity contribution < 1.29 is 9.53 Å². The number of nitrogens with one attached hydrogen (secondary N) is 1. The van der Waals surface area contributed by atoms with Crippen LogP contribution in [0.5, 0.6) is 0 Å². The van der Waals surface area contributed by atoms with Crippen LogP contribution in [-0.2, 0) is 4.74 Å².